The van der Waals surface area contributed by atoms with Crippen molar-refractivity contribution in [1.29, 1.82) is 0 Å². The van der Waals surface area contributed by atoms with Crippen molar-refractivity contribution in [2.45, 2.75) is 13.5 Å². The minimum Gasteiger partial charge on any atom is -0.508 e. The number of quaternary nitrogens is 1. The van der Waals surface area contributed by atoms with Crippen molar-refractivity contribution < 1.29 is 24.3 Å². The van der Waals surface area contributed by atoms with Crippen LogP contribution in [0, 0.1) is 0 Å². The molecule has 0 unspecified atom stereocenters. The van der Waals surface area contributed by atoms with Crippen molar-refractivity contribution >= 4 is 11.6 Å². The van der Waals surface area contributed by atoms with Crippen molar-refractivity contribution in [3.8, 4) is 11.5 Å². The first kappa shape index (κ1) is 19.9. The van der Waals surface area contributed by atoms with Gasteiger partial charge in [0.15, 0.2) is 0 Å². The monoisotopic (exact) mass is 384 g/mol. The summed E-state index contributed by atoms with van der Waals surface area (Å²) in [6.45, 7) is 6.19. The number of carbonyl (C=O) groups is 1. The Bertz CT molecular complexity index is 860. The van der Waals surface area contributed by atoms with E-state index in [1.165, 1.54) is 17.0 Å². The number of benzene rings is 2. The molecule has 1 aliphatic rings. The minimum atomic E-state index is -0.373. The van der Waals surface area contributed by atoms with Crippen LogP contribution in [0.1, 0.15) is 28.4 Å². The number of hydrogen-bond acceptors (Lipinski definition) is 5. The number of nitrogens with zero attached hydrogens (tertiary/aromatic N) is 1. The maximum Gasteiger partial charge on any atom is 0.271 e. The van der Waals surface area contributed by atoms with Gasteiger partial charge in [-0.2, -0.15) is 5.10 Å². The van der Waals surface area contributed by atoms with Gasteiger partial charge in [0, 0.05) is 11.1 Å². The Morgan fingerprint density at radius 3 is 2.71 bits per heavy atom. The summed E-state index contributed by atoms with van der Waals surface area (Å²) in [6, 6.07) is 12.1. The lowest BCUT2D eigenvalue weighted by molar-refractivity contribution is -0.921. The normalized spacial score (nSPS) is 15.3. The molecule has 7 nitrogen and oxygen atoms in total. The first-order valence-corrected chi connectivity index (χ1v) is 9.29. The van der Waals surface area contributed by atoms with Crippen molar-refractivity contribution in [3.05, 3.63) is 59.2 Å². The molecule has 0 bridgehead atoms. The van der Waals surface area contributed by atoms with E-state index in [0.29, 0.717) is 11.3 Å². The minimum absolute atomic E-state index is 0.0405. The fourth-order valence-corrected chi connectivity index (χ4v) is 3.16. The van der Waals surface area contributed by atoms with Gasteiger partial charge in [-0.05, 0) is 48.9 Å². The summed E-state index contributed by atoms with van der Waals surface area (Å²) in [4.78, 5) is 13.7. The third kappa shape index (κ3) is 5.09. The number of hydrazone groups is 1. The lowest BCUT2D eigenvalue weighted by Crippen LogP contribution is -3.12. The molecule has 1 amide bonds. The zero-order valence-corrected chi connectivity index (χ0v) is 16.2. The number of amides is 1. The van der Waals surface area contributed by atoms with Gasteiger partial charge in [-0.1, -0.05) is 6.07 Å². The molecule has 0 spiro atoms. The molecular weight excluding hydrogens is 358 g/mol. The maximum atomic E-state index is 12.2. The zero-order chi connectivity index (χ0) is 19.9. The van der Waals surface area contributed by atoms with Crippen molar-refractivity contribution in [2.75, 3.05) is 33.4 Å². The summed E-state index contributed by atoms with van der Waals surface area (Å²) in [5.41, 5.74) is 5.60. The second-order valence-electron chi connectivity index (χ2n) is 6.75. The molecule has 28 heavy (non-hydrogen) atoms. The number of ether oxygens (including phenoxy) is 2. The predicted octanol–water partition coefficient (Wildman–Crippen LogP) is 0.970. The van der Waals surface area contributed by atoms with Crippen LogP contribution >= 0.6 is 0 Å². The molecule has 0 atom stereocenters. The molecule has 3 N–H and O–H groups in total. The highest BCUT2D eigenvalue weighted by atomic mass is 16.5. The number of carbonyl (C=O) groups excluding carboxylic acids is 1. The average molecular weight is 384 g/mol. The Balaban J connectivity index is 1.73. The Morgan fingerprint density at radius 1 is 1.21 bits per heavy atom. The van der Waals surface area contributed by atoms with Gasteiger partial charge in [-0.3, -0.25) is 4.79 Å². The molecule has 3 rings (SSSR count). The van der Waals surface area contributed by atoms with E-state index >= 15 is 0 Å². The van der Waals surface area contributed by atoms with Crippen molar-refractivity contribution in [3.63, 3.8) is 0 Å². The van der Waals surface area contributed by atoms with Gasteiger partial charge in [0.1, 0.15) is 31.1 Å². The Labute approximate surface area is 164 Å². The zero-order valence-electron chi connectivity index (χ0n) is 16.2. The molecule has 2 aromatic carbocycles. The van der Waals surface area contributed by atoms with Crippen LogP contribution in [0.3, 0.4) is 0 Å². The van der Waals surface area contributed by atoms with Crippen molar-refractivity contribution in [2.24, 2.45) is 5.10 Å². The average Bonchev–Trinajstić information content (AvgIpc) is 2.72. The number of phenols is 1. The van der Waals surface area contributed by atoms with Crippen LogP contribution in [0.5, 0.6) is 11.5 Å². The van der Waals surface area contributed by atoms with E-state index in [1.807, 2.05) is 19.1 Å². The number of morpholine rings is 1. The molecule has 0 radical (unpaired) electrons. The molecule has 0 aromatic heterocycles. The SMILES string of the molecule is COc1ccc(/C(C)=N\NC(=O)c2cccc(O)c2)cc1C[NH+]1CCOCC1. The first-order chi connectivity index (χ1) is 13.6. The summed E-state index contributed by atoms with van der Waals surface area (Å²) >= 11 is 0. The lowest BCUT2D eigenvalue weighted by Gasteiger charge is -2.24. The van der Waals surface area contributed by atoms with Crippen LogP contribution in [0.2, 0.25) is 0 Å². The fourth-order valence-electron chi connectivity index (χ4n) is 3.16. The van der Waals surface area contributed by atoms with Gasteiger partial charge >= 0.3 is 0 Å². The molecular formula is C21H26N3O4+. The number of methoxy groups -OCH3 is 1. The topological polar surface area (TPSA) is 84.6 Å². The standard InChI is InChI=1S/C21H25N3O4/c1-15(22-23-21(26)17-4-3-5-19(25)13-17)16-6-7-20(27-2)18(12-16)14-24-8-10-28-11-9-24/h3-7,12-13,25H,8-11,14H2,1-2H3,(H,23,26)/p+1/b22-15-. The van der Waals surface area contributed by atoms with E-state index < -0.39 is 0 Å². The summed E-state index contributed by atoms with van der Waals surface area (Å²) in [5, 5.41) is 13.7. The highest BCUT2D eigenvalue weighted by Gasteiger charge is 2.17. The largest absolute Gasteiger partial charge is 0.508 e. The summed E-state index contributed by atoms with van der Waals surface area (Å²) in [7, 11) is 1.67. The van der Waals surface area contributed by atoms with Crippen LogP contribution in [0.15, 0.2) is 47.6 Å². The van der Waals surface area contributed by atoms with Crippen LogP contribution in [-0.4, -0.2) is 50.1 Å². The van der Waals surface area contributed by atoms with E-state index in [4.69, 9.17) is 9.47 Å². The second-order valence-corrected chi connectivity index (χ2v) is 6.75. The third-order valence-corrected chi connectivity index (χ3v) is 4.77. The predicted molar refractivity (Wildman–Crippen MR) is 106 cm³/mol. The molecule has 148 valence electrons. The highest BCUT2D eigenvalue weighted by molar-refractivity contribution is 6.01. The Kier molecular flexibility index (Phi) is 6.62. The molecule has 0 saturated carbocycles. The molecule has 1 fully saturated rings. The molecule has 2 aromatic rings. The fraction of sp³-hybridized carbons (Fsp3) is 0.333. The van der Waals surface area contributed by atoms with E-state index in [9.17, 15) is 9.90 Å². The van der Waals surface area contributed by atoms with Crippen LogP contribution in [-0.2, 0) is 11.3 Å². The Hall–Kier alpha value is -2.90. The smallest absolute Gasteiger partial charge is 0.271 e. The van der Waals surface area contributed by atoms with Gasteiger partial charge in [0.05, 0.1) is 26.0 Å². The quantitative estimate of drug-likeness (QED) is 0.512. The van der Waals surface area contributed by atoms with E-state index in [-0.39, 0.29) is 11.7 Å². The van der Waals surface area contributed by atoms with Gasteiger partial charge in [0.25, 0.3) is 5.91 Å². The number of rotatable bonds is 6. The van der Waals surface area contributed by atoms with Gasteiger partial charge in [-0.25, -0.2) is 5.43 Å². The van der Waals surface area contributed by atoms with E-state index in [1.54, 1.807) is 19.2 Å². The maximum absolute atomic E-state index is 12.2. The summed E-state index contributed by atoms with van der Waals surface area (Å²) in [6.07, 6.45) is 0. The van der Waals surface area contributed by atoms with Crippen LogP contribution in [0.25, 0.3) is 0 Å². The molecule has 1 aliphatic heterocycles. The molecule has 7 heteroatoms. The highest BCUT2D eigenvalue weighted by Crippen LogP contribution is 2.20. The third-order valence-electron chi connectivity index (χ3n) is 4.77. The second kappa shape index (κ2) is 9.34. The van der Waals surface area contributed by atoms with Gasteiger partial charge in [0.2, 0.25) is 0 Å². The summed E-state index contributed by atoms with van der Waals surface area (Å²) < 4.78 is 10.9. The number of aromatic hydroxyl groups is 1. The van der Waals surface area contributed by atoms with E-state index in [0.717, 1.165) is 49.7 Å². The number of nitrogens with one attached hydrogen (secondary N) is 2. The molecule has 0 aliphatic carbocycles. The molecule has 1 saturated heterocycles. The van der Waals surface area contributed by atoms with Crippen LogP contribution in [0.4, 0.5) is 0 Å². The van der Waals surface area contributed by atoms with Crippen LogP contribution < -0.4 is 15.1 Å². The Morgan fingerprint density at radius 2 is 2.00 bits per heavy atom. The lowest BCUT2D eigenvalue weighted by atomic mass is 10.1. The van der Waals surface area contributed by atoms with Gasteiger partial charge in [-0.15, -0.1) is 0 Å². The van der Waals surface area contributed by atoms with Gasteiger partial charge < -0.3 is 19.5 Å². The molecule has 1 heterocycles. The number of phenolic OH excluding ortho intramolecular Hbond substituents is 1. The van der Waals surface area contributed by atoms with E-state index in [2.05, 4.69) is 16.6 Å². The summed E-state index contributed by atoms with van der Waals surface area (Å²) in [5.74, 6) is 0.514. The first-order valence-electron chi connectivity index (χ1n) is 9.29. The van der Waals surface area contributed by atoms with Crippen molar-refractivity contribution in [1.82, 2.24) is 5.43 Å². The number of hydrogen-bond donors (Lipinski definition) is 3.